The lowest BCUT2D eigenvalue weighted by atomic mass is 10.0. The number of carbonyl (C=O) groups excluding carboxylic acids is 1. The maximum Gasteiger partial charge on any atom is 0.289 e. The molecule has 0 radical (unpaired) electrons. The first kappa shape index (κ1) is 13.9. The number of rotatable bonds is 3. The zero-order valence-corrected chi connectivity index (χ0v) is 12.6. The van der Waals surface area contributed by atoms with Gasteiger partial charge >= 0.3 is 0 Å². The van der Waals surface area contributed by atoms with Gasteiger partial charge in [0.1, 0.15) is 5.76 Å². The molecular formula is C16H21N3O2. The van der Waals surface area contributed by atoms with Crippen LogP contribution < -0.4 is 0 Å². The SMILES string of the molecule is Cc1cnn(C[C@@H]2CCCCN2C(=O)c2ccc(C)o2)c1. The Hall–Kier alpha value is -2.04. The topological polar surface area (TPSA) is 51.3 Å². The van der Waals surface area contributed by atoms with Crippen molar-refractivity contribution in [2.75, 3.05) is 6.54 Å². The van der Waals surface area contributed by atoms with Gasteiger partial charge < -0.3 is 9.32 Å². The Labute approximate surface area is 124 Å². The highest BCUT2D eigenvalue weighted by Crippen LogP contribution is 2.22. The third kappa shape index (κ3) is 3.01. The molecule has 112 valence electrons. The van der Waals surface area contributed by atoms with Crippen molar-refractivity contribution in [2.45, 2.75) is 45.7 Å². The summed E-state index contributed by atoms with van der Waals surface area (Å²) in [6.45, 7) is 5.43. The van der Waals surface area contributed by atoms with E-state index in [1.165, 1.54) is 0 Å². The standard InChI is InChI=1S/C16H21N3O2/c1-12-9-17-18(10-12)11-14-5-3-4-8-19(14)16(20)15-7-6-13(2)21-15/h6-7,9-10,14H,3-5,8,11H2,1-2H3/t14-/m0/s1. The Morgan fingerprint density at radius 3 is 2.90 bits per heavy atom. The summed E-state index contributed by atoms with van der Waals surface area (Å²) in [6, 6.07) is 3.79. The maximum atomic E-state index is 12.6. The summed E-state index contributed by atoms with van der Waals surface area (Å²) in [7, 11) is 0. The molecule has 21 heavy (non-hydrogen) atoms. The van der Waals surface area contributed by atoms with Gasteiger partial charge in [-0.25, -0.2) is 0 Å². The van der Waals surface area contributed by atoms with Crippen LogP contribution in [0.25, 0.3) is 0 Å². The molecule has 0 aliphatic carbocycles. The highest BCUT2D eigenvalue weighted by atomic mass is 16.3. The maximum absolute atomic E-state index is 12.6. The summed E-state index contributed by atoms with van der Waals surface area (Å²) in [5.41, 5.74) is 1.14. The highest BCUT2D eigenvalue weighted by molar-refractivity contribution is 5.91. The van der Waals surface area contributed by atoms with E-state index in [0.29, 0.717) is 5.76 Å². The monoisotopic (exact) mass is 287 g/mol. The lowest BCUT2D eigenvalue weighted by Crippen LogP contribution is -2.45. The number of likely N-dealkylation sites (tertiary alicyclic amines) is 1. The molecule has 3 heterocycles. The van der Waals surface area contributed by atoms with Crippen molar-refractivity contribution in [3.8, 4) is 0 Å². The minimum atomic E-state index is -0.00308. The van der Waals surface area contributed by atoms with Crippen LogP contribution in [0.15, 0.2) is 28.9 Å². The number of hydrogen-bond acceptors (Lipinski definition) is 3. The molecule has 1 fully saturated rings. The van der Waals surface area contributed by atoms with E-state index in [0.717, 1.165) is 43.7 Å². The van der Waals surface area contributed by atoms with Crippen molar-refractivity contribution < 1.29 is 9.21 Å². The first-order valence-corrected chi connectivity index (χ1v) is 7.50. The number of piperidine rings is 1. The van der Waals surface area contributed by atoms with Gasteiger partial charge in [-0.3, -0.25) is 9.48 Å². The molecule has 1 aliphatic heterocycles. The summed E-state index contributed by atoms with van der Waals surface area (Å²) >= 11 is 0. The third-order valence-corrected chi connectivity index (χ3v) is 4.00. The molecule has 0 N–H and O–H groups in total. The number of aromatic nitrogens is 2. The fourth-order valence-corrected chi connectivity index (χ4v) is 2.93. The summed E-state index contributed by atoms with van der Waals surface area (Å²) in [6.07, 6.45) is 7.11. The van der Waals surface area contributed by atoms with E-state index >= 15 is 0 Å². The molecule has 1 aliphatic rings. The van der Waals surface area contributed by atoms with Gasteiger partial charge in [0.2, 0.25) is 0 Å². The van der Waals surface area contributed by atoms with Crippen LogP contribution in [0.2, 0.25) is 0 Å². The summed E-state index contributed by atoms with van der Waals surface area (Å²) in [4.78, 5) is 14.6. The molecular weight excluding hydrogens is 266 g/mol. The van der Waals surface area contributed by atoms with Crippen LogP contribution in [0.3, 0.4) is 0 Å². The van der Waals surface area contributed by atoms with Crippen LogP contribution >= 0.6 is 0 Å². The van der Waals surface area contributed by atoms with Crippen molar-refractivity contribution in [3.05, 3.63) is 41.6 Å². The summed E-state index contributed by atoms with van der Waals surface area (Å²) in [5.74, 6) is 1.21. The second-order valence-corrected chi connectivity index (χ2v) is 5.80. The molecule has 0 aromatic carbocycles. The van der Waals surface area contributed by atoms with Gasteiger partial charge in [0, 0.05) is 12.7 Å². The van der Waals surface area contributed by atoms with E-state index in [4.69, 9.17) is 4.42 Å². The van der Waals surface area contributed by atoms with E-state index in [9.17, 15) is 4.79 Å². The zero-order valence-electron chi connectivity index (χ0n) is 12.6. The minimum Gasteiger partial charge on any atom is -0.456 e. The lowest BCUT2D eigenvalue weighted by Gasteiger charge is -2.35. The van der Waals surface area contributed by atoms with Gasteiger partial charge in [-0.05, 0) is 50.8 Å². The summed E-state index contributed by atoms with van der Waals surface area (Å²) < 4.78 is 7.42. The third-order valence-electron chi connectivity index (χ3n) is 4.00. The molecule has 0 bridgehead atoms. The highest BCUT2D eigenvalue weighted by Gasteiger charge is 2.29. The Bertz CT molecular complexity index is 629. The number of hydrogen-bond donors (Lipinski definition) is 0. The van der Waals surface area contributed by atoms with Crippen molar-refractivity contribution in [2.24, 2.45) is 0 Å². The molecule has 3 rings (SSSR count). The van der Waals surface area contributed by atoms with Crippen molar-refractivity contribution >= 4 is 5.91 Å². The number of nitrogens with zero attached hydrogens (tertiary/aromatic N) is 3. The van der Waals surface area contributed by atoms with Gasteiger partial charge in [0.25, 0.3) is 5.91 Å². The van der Waals surface area contributed by atoms with Crippen molar-refractivity contribution in [1.29, 1.82) is 0 Å². The van der Waals surface area contributed by atoms with Crippen LogP contribution in [0.4, 0.5) is 0 Å². The van der Waals surface area contributed by atoms with Crippen molar-refractivity contribution in [3.63, 3.8) is 0 Å². The van der Waals surface area contributed by atoms with Crippen LogP contribution in [0.1, 0.15) is 41.1 Å². The average molecular weight is 287 g/mol. The molecule has 0 spiro atoms. The molecule has 1 saturated heterocycles. The quantitative estimate of drug-likeness (QED) is 0.872. The van der Waals surface area contributed by atoms with E-state index in [2.05, 4.69) is 5.10 Å². The van der Waals surface area contributed by atoms with Crippen LogP contribution in [-0.2, 0) is 6.54 Å². The average Bonchev–Trinajstić information content (AvgIpc) is 3.08. The number of amides is 1. The van der Waals surface area contributed by atoms with E-state index in [1.54, 1.807) is 6.07 Å². The predicted molar refractivity (Wildman–Crippen MR) is 79.1 cm³/mol. The molecule has 0 unspecified atom stereocenters. The molecule has 2 aromatic heterocycles. The van der Waals surface area contributed by atoms with Gasteiger partial charge in [-0.1, -0.05) is 0 Å². The normalized spacial score (nSPS) is 19.0. The van der Waals surface area contributed by atoms with Crippen molar-refractivity contribution in [1.82, 2.24) is 14.7 Å². The van der Waals surface area contributed by atoms with Gasteiger partial charge in [-0.15, -0.1) is 0 Å². The lowest BCUT2D eigenvalue weighted by molar-refractivity contribution is 0.0550. The van der Waals surface area contributed by atoms with E-state index in [-0.39, 0.29) is 11.9 Å². The molecule has 1 atom stereocenters. The predicted octanol–water partition coefficient (Wildman–Crippen LogP) is 2.79. The summed E-state index contributed by atoms with van der Waals surface area (Å²) in [5, 5.41) is 4.34. The first-order chi connectivity index (χ1) is 10.1. The molecule has 5 nitrogen and oxygen atoms in total. The number of furan rings is 1. The first-order valence-electron chi connectivity index (χ1n) is 7.50. The minimum absolute atomic E-state index is 0.00308. The Morgan fingerprint density at radius 2 is 2.24 bits per heavy atom. The zero-order chi connectivity index (χ0) is 14.8. The van der Waals surface area contributed by atoms with Crippen LogP contribution in [-0.4, -0.2) is 33.2 Å². The van der Waals surface area contributed by atoms with Gasteiger partial charge in [0.15, 0.2) is 5.76 Å². The number of aryl methyl sites for hydroxylation is 2. The second-order valence-electron chi connectivity index (χ2n) is 5.80. The van der Waals surface area contributed by atoms with Crippen LogP contribution in [0.5, 0.6) is 0 Å². The van der Waals surface area contributed by atoms with Crippen LogP contribution in [0, 0.1) is 13.8 Å². The van der Waals surface area contributed by atoms with Gasteiger partial charge in [-0.2, -0.15) is 5.10 Å². The fourth-order valence-electron chi connectivity index (χ4n) is 2.93. The Kier molecular flexibility index (Phi) is 3.82. The fraction of sp³-hybridized carbons (Fsp3) is 0.500. The molecule has 2 aromatic rings. The molecule has 1 amide bonds. The second kappa shape index (κ2) is 5.76. The smallest absolute Gasteiger partial charge is 0.289 e. The Balaban J connectivity index is 1.76. The largest absolute Gasteiger partial charge is 0.456 e. The van der Waals surface area contributed by atoms with E-state index in [1.807, 2.05) is 41.9 Å². The number of carbonyl (C=O) groups is 1. The van der Waals surface area contributed by atoms with E-state index < -0.39 is 0 Å². The van der Waals surface area contributed by atoms with Gasteiger partial charge in [0.05, 0.1) is 18.8 Å². The Morgan fingerprint density at radius 1 is 1.38 bits per heavy atom. The molecule has 5 heteroatoms. The molecule has 0 saturated carbocycles.